The van der Waals surface area contributed by atoms with Gasteiger partial charge in [0.2, 0.25) is 0 Å². The summed E-state index contributed by atoms with van der Waals surface area (Å²) in [5.41, 5.74) is 4.48. The number of carbonyl (C=O) groups excluding carboxylic acids is 1. The minimum Gasteiger partial charge on any atom is -0.309 e. The lowest BCUT2D eigenvalue weighted by atomic mass is 10.1. The number of nitrogens with one attached hydrogen (secondary N) is 2. The molecule has 0 bridgehead atoms. The highest BCUT2D eigenvalue weighted by molar-refractivity contribution is 7.55. The Morgan fingerprint density at radius 2 is 1.90 bits per heavy atom. The summed E-state index contributed by atoms with van der Waals surface area (Å²) in [6.07, 6.45) is -0.242. The zero-order valence-corrected chi connectivity index (χ0v) is 19.4. The fourth-order valence-corrected chi connectivity index (χ4v) is 4.94. The molecular weight excluding hydrogens is 411 g/mol. The lowest BCUT2D eigenvalue weighted by Gasteiger charge is -2.21. The molecule has 8 nitrogen and oxygen atoms in total. The molecule has 0 radical (unpaired) electrons. The molecule has 10 heteroatoms. The average Bonchev–Trinajstić information content (AvgIpc) is 2.99. The van der Waals surface area contributed by atoms with Gasteiger partial charge in [-0.25, -0.2) is 4.98 Å². The zero-order chi connectivity index (χ0) is 21.7. The summed E-state index contributed by atoms with van der Waals surface area (Å²) in [5, 5.41) is 7.41. The van der Waals surface area contributed by atoms with E-state index in [1.165, 1.54) is 11.3 Å². The van der Waals surface area contributed by atoms with Gasteiger partial charge in [0.15, 0.2) is 5.13 Å². The van der Waals surface area contributed by atoms with Crippen LogP contribution in [0.4, 0.5) is 5.13 Å². The summed E-state index contributed by atoms with van der Waals surface area (Å²) in [5.74, 6) is -0.503. The molecule has 29 heavy (non-hydrogen) atoms. The van der Waals surface area contributed by atoms with Gasteiger partial charge in [0.25, 0.3) is 5.91 Å². The fraction of sp³-hybridized carbons (Fsp3) is 0.526. The molecule has 2 rings (SSSR count). The summed E-state index contributed by atoms with van der Waals surface area (Å²) < 4.78 is 24.6. The number of fused-ring (bicyclic) bond motifs is 1. The maximum absolute atomic E-state index is 12.9. The maximum Gasteiger partial charge on any atom is 0.336 e. The Labute approximate surface area is 175 Å². The number of hydrogen-bond donors (Lipinski definition) is 2. The third-order valence-electron chi connectivity index (χ3n) is 3.55. The molecule has 0 unspecified atom stereocenters. The molecule has 0 aliphatic heterocycles. The van der Waals surface area contributed by atoms with Crippen LogP contribution >= 0.6 is 18.9 Å². The normalized spacial score (nSPS) is 13.0. The molecule has 2 aromatic rings. The Balaban J connectivity index is 2.28. The molecule has 0 spiro atoms. The number of hydrazone groups is 1. The number of benzene rings is 1. The van der Waals surface area contributed by atoms with E-state index in [2.05, 4.69) is 20.8 Å². The van der Waals surface area contributed by atoms with E-state index in [0.29, 0.717) is 5.13 Å². The fourth-order valence-electron chi connectivity index (χ4n) is 2.35. The maximum atomic E-state index is 12.9. The Hall–Kier alpha value is -1.80. The number of aryl methyl sites for hydroxylation is 1. The second-order valence-corrected chi connectivity index (χ2v) is 10.6. The first-order valence-corrected chi connectivity index (χ1v) is 12.0. The van der Waals surface area contributed by atoms with Crippen molar-refractivity contribution in [1.29, 1.82) is 0 Å². The topological polar surface area (TPSA) is 102 Å². The van der Waals surface area contributed by atoms with Gasteiger partial charge in [-0.05, 0) is 59.2 Å². The molecule has 0 atom stereocenters. The van der Waals surface area contributed by atoms with Crippen LogP contribution in [0.5, 0.6) is 0 Å². The van der Waals surface area contributed by atoms with Crippen molar-refractivity contribution in [2.75, 3.05) is 24.7 Å². The quantitative estimate of drug-likeness (QED) is 0.337. The van der Waals surface area contributed by atoms with E-state index in [9.17, 15) is 9.36 Å². The van der Waals surface area contributed by atoms with Crippen molar-refractivity contribution in [2.45, 2.75) is 47.1 Å². The molecule has 0 fully saturated rings. The minimum absolute atomic E-state index is 0.0283. The number of aromatic nitrogens is 1. The van der Waals surface area contributed by atoms with Crippen LogP contribution in [0, 0.1) is 6.92 Å². The van der Waals surface area contributed by atoms with Gasteiger partial charge in [-0.2, -0.15) is 5.10 Å². The van der Waals surface area contributed by atoms with Gasteiger partial charge in [-0.1, -0.05) is 17.4 Å². The number of amides is 1. The Morgan fingerprint density at radius 1 is 1.24 bits per heavy atom. The molecule has 0 aliphatic carbocycles. The van der Waals surface area contributed by atoms with Gasteiger partial charge in [-0.15, -0.1) is 0 Å². The molecule has 1 heterocycles. The van der Waals surface area contributed by atoms with Crippen LogP contribution < -0.4 is 10.7 Å². The molecule has 1 aromatic heterocycles. The van der Waals surface area contributed by atoms with Gasteiger partial charge in [0, 0.05) is 5.54 Å². The molecule has 0 saturated carbocycles. The van der Waals surface area contributed by atoms with Crippen molar-refractivity contribution in [3.8, 4) is 0 Å². The summed E-state index contributed by atoms with van der Waals surface area (Å²) in [4.78, 5) is 17.3. The largest absolute Gasteiger partial charge is 0.336 e. The molecule has 160 valence electrons. The molecule has 0 aliphatic rings. The van der Waals surface area contributed by atoms with Crippen molar-refractivity contribution in [1.82, 2.24) is 10.4 Å². The summed E-state index contributed by atoms with van der Waals surface area (Å²) in [6, 6.07) is 5.89. The number of nitrogens with zero attached hydrogens (tertiary/aromatic N) is 2. The average molecular weight is 441 g/mol. The van der Waals surface area contributed by atoms with Crippen LogP contribution in [-0.4, -0.2) is 41.5 Å². The van der Waals surface area contributed by atoms with Crippen LogP contribution in [-0.2, 0) is 18.4 Å². The van der Waals surface area contributed by atoms with E-state index in [0.717, 1.165) is 15.8 Å². The first-order valence-electron chi connectivity index (χ1n) is 9.45. The van der Waals surface area contributed by atoms with E-state index < -0.39 is 13.5 Å². The van der Waals surface area contributed by atoms with E-state index in [-0.39, 0.29) is 30.6 Å². The third kappa shape index (κ3) is 7.19. The van der Waals surface area contributed by atoms with Gasteiger partial charge >= 0.3 is 7.60 Å². The van der Waals surface area contributed by atoms with Crippen LogP contribution in [0.15, 0.2) is 23.3 Å². The van der Waals surface area contributed by atoms with Crippen LogP contribution in [0.25, 0.3) is 10.2 Å². The highest BCUT2D eigenvalue weighted by Crippen LogP contribution is 2.48. The molecular formula is C19H29N4O4PS. The van der Waals surface area contributed by atoms with E-state index in [1.807, 2.05) is 45.9 Å². The van der Waals surface area contributed by atoms with Crippen molar-refractivity contribution < 1.29 is 18.4 Å². The summed E-state index contributed by atoms with van der Waals surface area (Å²) >= 11 is 1.37. The van der Waals surface area contributed by atoms with Crippen molar-refractivity contribution in [3.63, 3.8) is 0 Å². The second kappa shape index (κ2) is 9.80. The van der Waals surface area contributed by atoms with Gasteiger partial charge in [0.1, 0.15) is 5.71 Å². The zero-order valence-electron chi connectivity index (χ0n) is 17.7. The van der Waals surface area contributed by atoms with E-state index in [4.69, 9.17) is 9.05 Å². The van der Waals surface area contributed by atoms with E-state index in [1.54, 1.807) is 13.8 Å². The lowest BCUT2D eigenvalue weighted by Crippen LogP contribution is -2.36. The third-order valence-corrected chi connectivity index (χ3v) is 6.47. The van der Waals surface area contributed by atoms with Gasteiger partial charge in [0.05, 0.1) is 29.6 Å². The summed E-state index contributed by atoms with van der Waals surface area (Å²) in [7, 11) is -3.50. The first-order chi connectivity index (χ1) is 13.5. The van der Waals surface area contributed by atoms with Crippen LogP contribution in [0.2, 0.25) is 0 Å². The Morgan fingerprint density at radius 3 is 2.48 bits per heavy atom. The first kappa shape index (κ1) is 23.5. The Kier molecular flexibility index (Phi) is 7.94. The van der Waals surface area contributed by atoms with Crippen molar-refractivity contribution in [3.05, 3.63) is 23.8 Å². The highest BCUT2D eigenvalue weighted by Gasteiger charge is 2.30. The second-order valence-electron chi connectivity index (χ2n) is 7.47. The minimum atomic E-state index is -3.50. The standard InChI is InChI=1S/C19H29N4O4PS/c1-7-26-28(25,27-8-2)12-15(22-23-19(4,5)6)17(24)21-18-20-14-10-9-13(3)11-16(14)29-18/h9-11,23H,7-8,12H2,1-6H3,(H,20,21,24)/b22-15-. The number of hydrogen-bond acceptors (Lipinski definition) is 8. The molecule has 2 N–H and O–H groups in total. The highest BCUT2D eigenvalue weighted by atomic mass is 32.1. The SMILES string of the molecule is CCOP(=O)(C/C(=N/NC(C)(C)C)C(=O)Nc1nc2ccc(C)cc2s1)OCC. The molecule has 1 aromatic carbocycles. The van der Waals surface area contributed by atoms with Gasteiger partial charge < -0.3 is 14.5 Å². The van der Waals surface area contributed by atoms with Crippen molar-refractivity contribution in [2.24, 2.45) is 5.10 Å². The number of anilines is 1. The number of carbonyl (C=O) groups is 1. The monoisotopic (exact) mass is 440 g/mol. The van der Waals surface area contributed by atoms with E-state index >= 15 is 0 Å². The Bertz CT molecular complexity index is 926. The van der Waals surface area contributed by atoms with Crippen LogP contribution in [0.3, 0.4) is 0 Å². The predicted molar refractivity (Wildman–Crippen MR) is 119 cm³/mol. The lowest BCUT2D eigenvalue weighted by molar-refractivity contribution is -0.110. The smallest absolute Gasteiger partial charge is 0.309 e. The number of thiazole rings is 1. The number of rotatable bonds is 9. The van der Waals surface area contributed by atoms with Crippen LogP contribution in [0.1, 0.15) is 40.2 Å². The molecule has 0 saturated heterocycles. The van der Waals surface area contributed by atoms with Gasteiger partial charge in [-0.3, -0.25) is 14.7 Å². The molecule has 1 amide bonds. The predicted octanol–water partition coefficient (Wildman–Crippen LogP) is 4.55. The van der Waals surface area contributed by atoms with Crippen molar-refractivity contribution >= 4 is 45.9 Å². The summed E-state index contributed by atoms with van der Waals surface area (Å²) in [6.45, 7) is 11.6.